The first-order valence-corrected chi connectivity index (χ1v) is 7.87. The van der Waals surface area contributed by atoms with Gasteiger partial charge >= 0.3 is 0 Å². The summed E-state index contributed by atoms with van der Waals surface area (Å²) in [6.07, 6.45) is 2.33. The third kappa shape index (κ3) is 3.35. The molecule has 1 N–H and O–H groups in total. The number of nitrogens with zero attached hydrogens (tertiary/aromatic N) is 1. The van der Waals surface area contributed by atoms with Gasteiger partial charge in [-0.3, -0.25) is 0 Å². The molecule has 0 saturated carbocycles. The molecule has 18 heavy (non-hydrogen) atoms. The van der Waals surface area contributed by atoms with Crippen molar-refractivity contribution in [3.63, 3.8) is 0 Å². The van der Waals surface area contributed by atoms with Crippen LogP contribution in [-0.4, -0.2) is 37.1 Å². The highest BCUT2D eigenvalue weighted by molar-refractivity contribution is 7.91. The van der Waals surface area contributed by atoms with Crippen molar-refractivity contribution in [1.82, 2.24) is 4.98 Å². The van der Waals surface area contributed by atoms with Crippen LogP contribution < -0.4 is 10.1 Å². The Bertz CT molecular complexity index is 514. The molecule has 1 aliphatic heterocycles. The van der Waals surface area contributed by atoms with E-state index in [4.69, 9.17) is 4.74 Å². The van der Waals surface area contributed by atoms with Gasteiger partial charge in [-0.05, 0) is 32.4 Å². The third-order valence-corrected chi connectivity index (χ3v) is 4.48. The highest BCUT2D eigenvalue weighted by Crippen LogP contribution is 2.25. The van der Waals surface area contributed by atoms with Crippen molar-refractivity contribution in [2.75, 3.05) is 16.8 Å². The Morgan fingerprint density at radius 3 is 2.89 bits per heavy atom. The number of pyridine rings is 1. The van der Waals surface area contributed by atoms with Gasteiger partial charge in [0.25, 0.3) is 0 Å². The first kappa shape index (κ1) is 13.1. The van der Waals surface area contributed by atoms with Crippen LogP contribution in [0.2, 0.25) is 0 Å². The van der Waals surface area contributed by atoms with Gasteiger partial charge in [-0.15, -0.1) is 0 Å². The Morgan fingerprint density at radius 2 is 2.28 bits per heavy atom. The highest BCUT2D eigenvalue weighted by Gasteiger charge is 2.28. The number of hydrogen-bond donors (Lipinski definition) is 1. The van der Waals surface area contributed by atoms with Crippen LogP contribution in [0.1, 0.15) is 20.3 Å². The number of aromatic nitrogens is 1. The van der Waals surface area contributed by atoms with Gasteiger partial charge in [0.05, 0.1) is 23.3 Å². The van der Waals surface area contributed by atoms with Crippen molar-refractivity contribution >= 4 is 15.5 Å². The molecule has 1 aromatic rings. The summed E-state index contributed by atoms with van der Waals surface area (Å²) in [6, 6.07) is 3.61. The normalized spacial score (nSPS) is 22.1. The summed E-state index contributed by atoms with van der Waals surface area (Å²) in [5.74, 6) is 0.964. The first-order valence-electron chi connectivity index (χ1n) is 6.05. The molecule has 0 aromatic carbocycles. The van der Waals surface area contributed by atoms with Crippen LogP contribution in [0.4, 0.5) is 5.69 Å². The van der Waals surface area contributed by atoms with E-state index in [2.05, 4.69) is 10.3 Å². The fourth-order valence-corrected chi connectivity index (χ4v) is 3.62. The Balaban J connectivity index is 2.09. The molecular weight excluding hydrogens is 252 g/mol. The van der Waals surface area contributed by atoms with Gasteiger partial charge in [0.15, 0.2) is 9.84 Å². The van der Waals surface area contributed by atoms with Crippen LogP contribution in [0.25, 0.3) is 0 Å². The maximum atomic E-state index is 11.4. The predicted molar refractivity (Wildman–Crippen MR) is 70.7 cm³/mol. The Morgan fingerprint density at radius 1 is 1.50 bits per heavy atom. The second kappa shape index (κ2) is 5.14. The van der Waals surface area contributed by atoms with E-state index in [0.29, 0.717) is 12.3 Å². The number of sulfone groups is 1. The number of ether oxygens (including phenoxy) is 1. The molecule has 1 unspecified atom stereocenters. The summed E-state index contributed by atoms with van der Waals surface area (Å²) in [5.41, 5.74) is 0.758. The van der Waals surface area contributed by atoms with E-state index < -0.39 is 9.84 Å². The maximum absolute atomic E-state index is 11.4. The van der Waals surface area contributed by atoms with Gasteiger partial charge in [-0.1, -0.05) is 0 Å². The third-order valence-electron chi connectivity index (χ3n) is 2.71. The number of rotatable bonds is 4. The Hall–Kier alpha value is -1.30. The Labute approximate surface area is 107 Å². The van der Waals surface area contributed by atoms with Crippen LogP contribution in [0.15, 0.2) is 18.3 Å². The van der Waals surface area contributed by atoms with Crippen molar-refractivity contribution in [2.24, 2.45) is 0 Å². The van der Waals surface area contributed by atoms with Crippen LogP contribution in [0.5, 0.6) is 5.88 Å². The number of anilines is 1. The van der Waals surface area contributed by atoms with Crippen molar-refractivity contribution in [3.05, 3.63) is 18.3 Å². The van der Waals surface area contributed by atoms with Crippen LogP contribution in [0.3, 0.4) is 0 Å². The lowest BCUT2D eigenvalue weighted by Gasteiger charge is -2.17. The lowest BCUT2D eigenvalue weighted by molar-refractivity contribution is 0.234. The van der Waals surface area contributed by atoms with E-state index in [1.165, 1.54) is 0 Å². The van der Waals surface area contributed by atoms with Crippen LogP contribution in [-0.2, 0) is 9.84 Å². The molecule has 1 aromatic heterocycles. The summed E-state index contributed by atoms with van der Waals surface area (Å²) >= 11 is 0. The minimum atomic E-state index is -2.88. The predicted octanol–water partition coefficient (Wildman–Crippen LogP) is 1.47. The molecule has 2 rings (SSSR count). The van der Waals surface area contributed by atoms with E-state index in [0.717, 1.165) is 5.69 Å². The lowest BCUT2D eigenvalue weighted by Crippen LogP contribution is -2.21. The lowest BCUT2D eigenvalue weighted by atomic mass is 10.2. The van der Waals surface area contributed by atoms with Crippen molar-refractivity contribution < 1.29 is 13.2 Å². The first-order chi connectivity index (χ1) is 8.46. The monoisotopic (exact) mass is 270 g/mol. The Kier molecular flexibility index (Phi) is 3.75. The smallest absolute Gasteiger partial charge is 0.237 e. The molecule has 6 heteroatoms. The second-order valence-corrected chi connectivity index (χ2v) is 7.00. The molecule has 1 fully saturated rings. The largest absolute Gasteiger partial charge is 0.473 e. The van der Waals surface area contributed by atoms with Gasteiger partial charge in [0.1, 0.15) is 0 Å². The van der Waals surface area contributed by atoms with Crippen LogP contribution in [0, 0.1) is 0 Å². The average molecular weight is 270 g/mol. The summed E-state index contributed by atoms with van der Waals surface area (Å²) in [7, 11) is -2.88. The fraction of sp³-hybridized carbons (Fsp3) is 0.583. The molecular formula is C12H18N2O3S. The second-order valence-electron chi connectivity index (χ2n) is 4.77. The van der Waals surface area contributed by atoms with E-state index in [1.54, 1.807) is 12.3 Å². The summed E-state index contributed by atoms with van der Waals surface area (Å²) in [4.78, 5) is 4.16. The molecule has 1 aliphatic rings. The topological polar surface area (TPSA) is 68.3 Å². The van der Waals surface area contributed by atoms with Crippen molar-refractivity contribution in [1.29, 1.82) is 0 Å². The molecule has 0 radical (unpaired) electrons. The van der Waals surface area contributed by atoms with Gasteiger partial charge in [0.2, 0.25) is 5.88 Å². The van der Waals surface area contributed by atoms with Gasteiger partial charge in [-0.25, -0.2) is 13.4 Å². The summed E-state index contributed by atoms with van der Waals surface area (Å²) < 4.78 is 28.4. The zero-order valence-electron chi connectivity index (χ0n) is 10.6. The summed E-state index contributed by atoms with van der Waals surface area (Å²) in [6.45, 7) is 3.86. The molecule has 0 aliphatic carbocycles. The standard InChI is InChI=1S/C12H18N2O3S/c1-9(2)17-12-11(4-3-6-13-12)14-10-5-7-18(15,16)8-10/h3-4,6,9-10,14H,5,7-8H2,1-2H3. The van der Waals surface area contributed by atoms with Gasteiger partial charge < -0.3 is 10.1 Å². The van der Waals surface area contributed by atoms with Gasteiger partial charge in [-0.2, -0.15) is 0 Å². The molecule has 5 nitrogen and oxygen atoms in total. The van der Waals surface area contributed by atoms with E-state index in [-0.39, 0.29) is 23.7 Å². The van der Waals surface area contributed by atoms with Crippen molar-refractivity contribution in [3.8, 4) is 5.88 Å². The van der Waals surface area contributed by atoms with Gasteiger partial charge in [0, 0.05) is 12.2 Å². The minimum Gasteiger partial charge on any atom is -0.473 e. The highest BCUT2D eigenvalue weighted by atomic mass is 32.2. The zero-order chi connectivity index (χ0) is 13.2. The van der Waals surface area contributed by atoms with E-state index >= 15 is 0 Å². The molecule has 1 saturated heterocycles. The molecule has 1 atom stereocenters. The number of nitrogens with one attached hydrogen (secondary N) is 1. The average Bonchev–Trinajstić information content (AvgIpc) is 2.60. The summed E-state index contributed by atoms with van der Waals surface area (Å²) in [5, 5.41) is 3.20. The quantitative estimate of drug-likeness (QED) is 0.897. The molecule has 0 bridgehead atoms. The SMILES string of the molecule is CC(C)Oc1ncccc1NC1CCS(=O)(=O)C1. The molecule has 2 heterocycles. The maximum Gasteiger partial charge on any atom is 0.237 e. The van der Waals surface area contributed by atoms with E-state index in [1.807, 2.05) is 19.9 Å². The van der Waals surface area contributed by atoms with E-state index in [9.17, 15) is 8.42 Å². The minimum absolute atomic E-state index is 0.0350. The fourth-order valence-electron chi connectivity index (χ4n) is 1.95. The molecule has 100 valence electrons. The molecule has 0 spiro atoms. The van der Waals surface area contributed by atoms with Crippen molar-refractivity contribution in [2.45, 2.75) is 32.4 Å². The molecule has 0 amide bonds. The zero-order valence-corrected chi connectivity index (χ0v) is 11.4. The number of hydrogen-bond acceptors (Lipinski definition) is 5. The van der Waals surface area contributed by atoms with Crippen LogP contribution >= 0.6 is 0 Å².